The van der Waals surface area contributed by atoms with Gasteiger partial charge in [-0.2, -0.15) is 0 Å². The lowest BCUT2D eigenvalue weighted by Crippen LogP contribution is -2.23. The van der Waals surface area contributed by atoms with Crippen molar-refractivity contribution in [2.75, 3.05) is 13.0 Å². The van der Waals surface area contributed by atoms with Gasteiger partial charge in [-0.1, -0.05) is 0 Å². The molecule has 0 aromatic heterocycles. The fourth-order valence-electron chi connectivity index (χ4n) is 0.0546. The molecule has 0 aliphatic carbocycles. The Morgan fingerprint density at radius 2 is 2.00 bits per heavy atom. The highest BCUT2D eigenvalue weighted by Crippen LogP contribution is 2.07. The molecule has 0 aliphatic heterocycles. The molecule has 0 bridgehead atoms. The molecule has 0 N–H and O–H groups in total. The molecule has 1 nitrogen and oxygen atoms in total. The van der Waals surface area contributed by atoms with Gasteiger partial charge in [0.1, 0.15) is 0 Å². The fraction of sp³-hybridized carbons (Fsp3) is 1.00. The minimum absolute atomic E-state index is 0.151. The second kappa shape index (κ2) is 2.53. The Morgan fingerprint density at radius 1 is 1.57 bits per heavy atom. The third-order valence-corrected chi connectivity index (χ3v) is 1.52. The first kappa shape index (κ1) is 7.25. The van der Waals surface area contributed by atoms with E-state index in [0.717, 1.165) is 0 Å². The van der Waals surface area contributed by atoms with Crippen LogP contribution in [0.25, 0.3) is 0 Å². The summed E-state index contributed by atoms with van der Waals surface area (Å²) in [7, 11) is 1.66. The highest BCUT2D eigenvalue weighted by atomic mass is 35.5. The molecule has 44 valence electrons. The second-order valence-corrected chi connectivity index (χ2v) is 2.36. The molecule has 0 radical (unpaired) electrons. The molecule has 0 aromatic rings. The van der Waals surface area contributed by atoms with Crippen LogP contribution in [0.3, 0.4) is 0 Å². The van der Waals surface area contributed by atoms with Gasteiger partial charge >= 0.3 is 0 Å². The summed E-state index contributed by atoms with van der Waals surface area (Å²) in [6, 6.07) is 0. The Kier molecular flexibility index (Phi) is 2.62. The predicted octanol–water partition coefficient (Wildman–Crippen LogP) is 1.65. The van der Waals surface area contributed by atoms with Crippen molar-refractivity contribution >= 4 is 11.6 Å². The summed E-state index contributed by atoms with van der Waals surface area (Å²) in [4.78, 5) is 0. The highest BCUT2D eigenvalue weighted by Gasteiger charge is 2.12. The van der Waals surface area contributed by atoms with Gasteiger partial charge < -0.3 is 4.74 Å². The minimum atomic E-state index is -0.151. The van der Waals surface area contributed by atoms with E-state index in [4.69, 9.17) is 16.3 Å². The SMILES string of the molecule is COC(C)(C)CCl. The summed E-state index contributed by atoms with van der Waals surface area (Å²) in [5.74, 6) is 0.545. The van der Waals surface area contributed by atoms with E-state index in [-0.39, 0.29) is 5.60 Å². The molecular formula is C5H11ClO. The van der Waals surface area contributed by atoms with Crippen molar-refractivity contribution in [3.8, 4) is 0 Å². The summed E-state index contributed by atoms with van der Waals surface area (Å²) in [6.45, 7) is 3.89. The van der Waals surface area contributed by atoms with Crippen molar-refractivity contribution in [2.45, 2.75) is 19.4 Å². The zero-order valence-electron chi connectivity index (χ0n) is 4.99. The maximum absolute atomic E-state index is 5.47. The maximum atomic E-state index is 5.47. The Balaban J connectivity index is 3.36. The molecule has 0 unspecified atom stereocenters. The van der Waals surface area contributed by atoms with Gasteiger partial charge in [-0.3, -0.25) is 0 Å². The highest BCUT2D eigenvalue weighted by molar-refractivity contribution is 6.18. The molecule has 0 saturated carbocycles. The average Bonchev–Trinajstić information content (AvgIpc) is 1.68. The minimum Gasteiger partial charge on any atom is -0.378 e. The normalized spacial score (nSPS) is 12.0. The number of ether oxygens (including phenoxy) is 1. The number of hydrogen-bond donors (Lipinski definition) is 0. The van der Waals surface area contributed by atoms with Gasteiger partial charge in [-0.05, 0) is 13.8 Å². The van der Waals surface area contributed by atoms with Crippen LogP contribution in [-0.4, -0.2) is 18.6 Å². The predicted molar refractivity (Wildman–Crippen MR) is 31.8 cm³/mol. The van der Waals surface area contributed by atoms with Crippen LogP contribution >= 0.6 is 11.6 Å². The molecule has 0 atom stereocenters. The summed E-state index contributed by atoms with van der Waals surface area (Å²) in [5, 5.41) is 0. The summed E-state index contributed by atoms with van der Waals surface area (Å²) in [5.41, 5.74) is -0.151. The van der Waals surface area contributed by atoms with Crippen molar-refractivity contribution in [2.24, 2.45) is 0 Å². The monoisotopic (exact) mass is 122 g/mol. The Labute approximate surface area is 49.6 Å². The molecule has 0 heterocycles. The van der Waals surface area contributed by atoms with Crippen LogP contribution in [-0.2, 0) is 4.74 Å². The van der Waals surface area contributed by atoms with Gasteiger partial charge in [0.25, 0.3) is 0 Å². The lowest BCUT2D eigenvalue weighted by Gasteiger charge is -2.17. The number of alkyl halides is 1. The van der Waals surface area contributed by atoms with Crippen molar-refractivity contribution in [1.29, 1.82) is 0 Å². The van der Waals surface area contributed by atoms with Crippen LogP contribution in [0.15, 0.2) is 0 Å². The molecule has 0 aromatic carbocycles. The molecule has 7 heavy (non-hydrogen) atoms. The van der Waals surface area contributed by atoms with Crippen molar-refractivity contribution < 1.29 is 4.74 Å². The first-order valence-corrected chi connectivity index (χ1v) is 2.77. The summed E-state index contributed by atoms with van der Waals surface area (Å²) < 4.78 is 4.95. The van der Waals surface area contributed by atoms with E-state index in [1.807, 2.05) is 13.8 Å². The maximum Gasteiger partial charge on any atom is 0.0757 e. The smallest absolute Gasteiger partial charge is 0.0757 e. The number of halogens is 1. The van der Waals surface area contributed by atoms with Gasteiger partial charge in [0.15, 0.2) is 0 Å². The van der Waals surface area contributed by atoms with Gasteiger partial charge in [-0.15, -0.1) is 11.6 Å². The largest absolute Gasteiger partial charge is 0.378 e. The van der Waals surface area contributed by atoms with Gasteiger partial charge in [0, 0.05) is 7.11 Å². The first-order valence-electron chi connectivity index (χ1n) is 2.23. The quantitative estimate of drug-likeness (QED) is 0.506. The molecule has 0 aliphatic rings. The van der Waals surface area contributed by atoms with Crippen molar-refractivity contribution in [1.82, 2.24) is 0 Å². The van der Waals surface area contributed by atoms with Gasteiger partial charge in [-0.25, -0.2) is 0 Å². The Hall–Kier alpha value is 0.250. The molecular weight excluding hydrogens is 112 g/mol. The van der Waals surface area contributed by atoms with Crippen LogP contribution in [0.4, 0.5) is 0 Å². The van der Waals surface area contributed by atoms with Crippen molar-refractivity contribution in [3.05, 3.63) is 0 Å². The lowest BCUT2D eigenvalue weighted by atomic mass is 10.2. The zero-order valence-corrected chi connectivity index (χ0v) is 5.75. The van der Waals surface area contributed by atoms with Crippen LogP contribution in [0.1, 0.15) is 13.8 Å². The molecule has 0 rings (SSSR count). The van der Waals surface area contributed by atoms with Gasteiger partial charge in [0.2, 0.25) is 0 Å². The molecule has 0 fully saturated rings. The van der Waals surface area contributed by atoms with Gasteiger partial charge in [0.05, 0.1) is 11.5 Å². The van der Waals surface area contributed by atoms with E-state index in [1.54, 1.807) is 7.11 Å². The number of methoxy groups -OCH3 is 1. The Morgan fingerprint density at radius 3 is 2.00 bits per heavy atom. The third-order valence-electron chi connectivity index (χ3n) is 0.874. The van der Waals surface area contributed by atoms with E-state index in [9.17, 15) is 0 Å². The van der Waals surface area contributed by atoms with E-state index >= 15 is 0 Å². The van der Waals surface area contributed by atoms with E-state index in [0.29, 0.717) is 5.88 Å². The first-order chi connectivity index (χ1) is 3.12. The van der Waals surface area contributed by atoms with Crippen LogP contribution in [0.5, 0.6) is 0 Å². The summed E-state index contributed by atoms with van der Waals surface area (Å²) in [6.07, 6.45) is 0. The standard InChI is InChI=1S/C5H11ClO/c1-5(2,4-6)7-3/h4H2,1-3H3. The van der Waals surface area contributed by atoms with E-state index in [1.165, 1.54) is 0 Å². The molecule has 0 saturated heterocycles. The van der Waals surface area contributed by atoms with E-state index in [2.05, 4.69) is 0 Å². The number of hydrogen-bond acceptors (Lipinski definition) is 1. The summed E-state index contributed by atoms with van der Waals surface area (Å²) >= 11 is 5.47. The Bertz CT molecular complexity index is 46.0. The van der Waals surface area contributed by atoms with Crippen LogP contribution in [0, 0.1) is 0 Å². The fourth-order valence-corrected chi connectivity index (χ4v) is 0.164. The molecule has 0 amide bonds. The number of rotatable bonds is 2. The molecule has 0 spiro atoms. The average molecular weight is 123 g/mol. The lowest BCUT2D eigenvalue weighted by molar-refractivity contribution is 0.0428. The third kappa shape index (κ3) is 2.89. The van der Waals surface area contributed by atoms with Crippen molar-refractivity contribution in [3.63, 3.8) is 0 Å². The van der Waals surface area contributed by atoms with Crippen LogP contribution in [0.2, 0.25) is 0 Å². The van der Waals surface area contributed by atoms with E-state index < -0.39 is 0 Å². The molecule has 2 heteroatoms. The topological polar surface area (TPSA) is 9.23 Å². The van der Waals surface area contributed by atoms with Crippen LogP contribution < -0.4 is 0 Å². The zero-order chi connectivity index (χ0) is 5.91. The second-order valence-electron chi connectivity index (χ2n) is 2.10.